The van der Waals surface area contributed by atoms with Gasteiger partial charge < -0.3 is 10.4 Å². The largest absolute Gasteiger partial charge is 0.477 e. The number of carboxylic acid groups (broad SMARTS) is 1. The van der Waals surface area contributed by atoms with Gasteiger partial charge >= 0.3 is 5.97 Å². The zero-order valence-corrected chi connectivity index (χ0v) is 13.6. The average Bonchev–Trinajstić information content (AvgIpc) is 3.00. The molecule has 24 heavy (non-hydrogen) atoms. The van der Waals surface area contributed by atoms with Crippen LogP contribution in [0.15, 0.2) is 54.6 Å². The van der Waals surface area contributed by atoms with Gasteiger partial charge in [0.2, 0.25) is 0 Å². The molecule has 120 valence electrons. The van der Waals surface area contributed by atoms with Crippen LogP contribution in [0.4, 0.5) is 10.8 Å². The first-order chi connectivity index (χ1) is 11.5. The maximum absolute atomic E-state index is 11.5. The number of carbonyl (C=O) groups excluding carboxylic acids is 1. The highest BCUT2D eigenvalue weighted by Gasteiger charge is 2.18. The Morgan fingerprint density at radius 2 is 1.71 bits per heavy atom. The summed E-state index contributed by atoms with van der Waals surface area (Å²) in [5.74, 6) is -1.01. The van der Waals surface area contributed by atoms with Crippen molar-refractivity contribution in [3.8, 4) is 11.3 Å². The molecule has 0 radical (unpaired) electrons. The fourth-order valence-corrected chi connectivity index (χ4v) is 3.07. The number of carbonyl (C=O) groups is 2. The minimum atomic E-state index is -1.01. The van der Waals surface area contributed by atoms with Crippen LogP contribution in [0.1, 0.15) is 27.0 Å². The molecule has 1 aromatic heterocycles. The van der Waals surface area contributed by atoms with Gasteiger partial charge in [-0.3, -0.25) is 4.79 Å². The fourth-order valence-electron chi connectivity index (χ4n) is 2.22. The molecule has 0 spiro atoms. The molecule has 0 unspecified atom stereocenters. The zero-order valence-electron chi connectivity index (χ0n) is 12.8. The topological polar surface area (TPSA) is 79.3 Å². The van der Waals surface area contributed by atoms with Gasteiger partial charge in [-0.05, 0) is 31.2 Å². The number of rotatable bonds is 5. The van der Waals surface area contributed by atoms with Crippen molar-refractivity contribution >= 4 is 33.9 Å². The first kappa shape index (κ1) is 15.9. The maximum atomic E-state index is 11.5. The number of Topliss-reactive ketones (excluding diaryl/α,β-unsaturated/α-hetero) is 1. The minimum Gasteiger partial charge on any atom is -0.477 e. The summed E-state index contributed by atoms with van der Waals surface area (Å²) in [6.45, 7) is 1.51. The molecule has 6 heteroatoms. The number of aromatic carboxylic acids is 1. The predicted molar refractivity (Wildman–Crippen MR) is 94.2 cm³/mol. The van der Waals surface area contributed by atoms with Crippen molar-refractivity contribution < 1.29 is 14.7 Å². The molecule has 0 saturated heterocycles. The third-order valence-corrected chi connectivity index (χ3v) is 4.37. The molecule has 0 aliphatic carbocycles. The van der Waals surface area contributed by atoms with E-state index in [1.54, 1.807) is 24.3 Å². The van der Waals surface area contributed by atoms with E-state index >= 15 is 0 Å². The van der Waals surface area contributed by atoms with Gasteiger partial charge in [-0.15, -0.1) is 0 Å². The van der Waals surface area contributed by atoms with Gasteiger partial charge in [0, 0.05) is 16.8 Å². The number of ketones is 1. The Morgan fingerprint density at radius 3 is 2.29 bits per heavy atom. The standard InChI is InChI=1S/C18H14N2O3S/c1-11(21)12-7-9-14(10-8-12)19-18-20-15(16(24-18)17(22)23)13-5-3-2-4-6-13/h2-10H,1H3,(H,19,20)(H,22,23). The van der Waals surface area contributed by atoms with Crippen molar-refractivity contribution in [2.75, 3.05) is 5.32 Å². The van der Waals surface area contributed by atoms with E-state index < -0.39 is 5.97 Å². The summed E-state index contributed by atoms with van der Waals surface area (Å²) >= 11 is 1.08. The first-order valence-corrected chi connectivity index (χ1v) is 8.04. The Balaban J connectivity index is 1.92. The summed E-state index contributed by atoms with van der Waals surface area (Å²) in [6, 6.07) is 16.2. The second-order valence-corrected chi connectivity index (χ2v) is 6.13. The maximum Gasteiger partial charge on any atom is 0.348 e. The summed E-state index contributed by atoms with van der Waals surface area (Å²) < 4.78 is 0. The molecule has 0 bridgehead atoms. The average molecular weight is 338 g/mol. The third kappa shape index (κ3) is 3.33. The molecule has 2 aromatic carbocycles. The van der Waals surface area contributed by atoms with Crippen LogP contribution in [0.25, 0.3) is 11.3 Å². The van der Waals surface area contributed by atoms with Crippen molar-refractivity contribution in [3.63, 3.8) is 0 Å². The lowest BCUT2D eigenvalue weighted by molar-refractivity contribution is 0.0702. The highest BCUT2D eigenvalue weighted by atomic mass is 32.1. The molecule has 0 atom stereocenters. The number of aromatic nitrogens is 1. The monoisotopic (exact) mass is 338 g/mol. The van der Waals surface area contributed by atoms with Gasteiger partial charge in [0.05, 0.1) is 5.69 Å². The Morgan fingerprint density at radius 1 is 1.04 bits per heavy atom. The number of anilines is 2. The van der Waals surface area contributed by atoms with Crippen LogP contribution in [-0.4, -0.2) is 21.8 Å². The number of thiazole rings is 1. The van der Waals surface area contributed by atoms with Crippen LogP contribution < -0.4 is 5.32 Å². The molecular formula is C18H14N2O3S. The Hall–Kier alpha value is -2.99. The number of benzene rings is 2. The summed E-state index contributed by atoms with van der Waals surface area (Å²) in [7, 11) is 0. The second-order valence-electron chi connectivity index (χ2n) is 5.13. The van der Waals surface area contributed by atoms with Crippen LogP contribution in [-0.2, 0) is 0 Å². The zero-order chi connectivity index (χ0) is 17.1. The van der Waals surface area contributed by atoms with Gasteiger partial charge in [0.15, 0.2) is 10.9 Å². The Bertz CT molecular complexity index is 886. The molecule has 0 saturated carbocycles. The van der Waals surface area contributed by atoms with Crippen molar-refractivity contribution in [3.05, 3.63) is 65.0 Å². The van der Waals surface area contributed by atoms with E-state index in [0.717, 1.165) is 22.6 Å². The van der Waals surface area contributed by atoms with E-state index in [1.807, 2.05) is 30.3 Å². The van der Waals surface area contributed by atoms with E-state index in [9.17, 15) is 14.7 Å². The molecule has 0 fully saturated rings. The van der Waals surface area contributed by atoms with Crippen LogP contribution >= 0.6 is 11.3 Å². The summed E-state index contributed by atoms with van der Waals surface area (Å²) in [5, 5.41) is 13.0. The number of hydrogen-bond donors (Lipinski definition) is 2. The smallest absolute Gasteiger partial charge is 0.348 e. The van der Waals surface area contributed by atoms with Crippen LogP contribution in [0, 0.1) is 0 Å². The molecule has 0 amide bonds. The van der Waals surface area contributed by atoms with E-state index in [4.69, 9.17) is 0 Å². The molecule has 0 aliphatic heterocycles. The van der Waals surface area contributed by atoms with Gasteiger partial charge in [-0.2, -0.15) is 0 Å². The molecular weight excluding hydrogens is 324 g/mol. The SMILES string of the molecule is CC(=O)c1ccc(Nc2nc(-c3ccccc3)c(C(=O)O)s2)cc1. The van der Waals surface area contributed by atoms with Crippen molar-refractivity contribution in [2.24, 2.45) is 0 Å². The normalized spacial score (nSPS) is 10.4. The van der Waals surface area contributed by atoms with Gasteiger partial charge in [-0.1, -0.05) is 41.7 Å². The van der Waals surface area contributed by atoms with E-state index in [-0.39, 0.29) is 10.7 Å². The van der Waals surface area contributed by atoms with Crippen LogP contribution in [0.2, 0.25) is 0 Å². The molecule has 2 N–H and O–H groups in total. The third-order valence-electron chi connectivity index (χ3n) is 3.41. The second kappa shape index (κ2) is 6.64. The number of carboxylic acids is 1. The highest BCUT2D eigenvalue weighted by Crippen LogP contribution is 2.32. The number of hydrogen-bond acceptors (Lipinski definition) is 5. The predicted octanol–water partition coefficient (Wildman–Crippen LogP) is 4.45. The molecule has 1 heterocycles. The first-order valence-electron chi connectivity index (χ1n) is 7.22. The van der Waals surface area contributed by atoms with E-state index in [2.05, 4.69) is 10.3 Å². The quantitative estimate of drug-likeness (QED) is 0.672. The van der Waals surface area contributed by atoms with Crippen LogP contribution in [0.3, 0.4) is 0 Å². The fraction of sp³-hybridized carbons (Fsp3) is 0.0556. The van der Waals surface area contributed by atoms with E-state index in [1.165, 1.54) is 6.92 Å². The Kier molecular flexibility index (Phi) is 4.39. The highest BCUT2D eigenvalue weighted by molar-refractivity contribution is 7.18. The molecule has 3 rings (SSSR count). The molecule has 5 nitrogen and oxygen atoms in total. The van der Waals surface area contributed by atoms with Crippen molar-refractivity contribution in [2.45, 2.75) is 6.92 Å². The van der Waals surface area contributed by atoms with Crippen molar-refractivity contribution in [1.82, 2.24) is 4.98 Å². The minimum absolute atomic E-state index is 0.00433. The summed E-state index contributed by atoms with van der Waals surface area (Å²) in [5.41, 5.74) is 2.56. The number of nitrogens with one attached hydrogen (secondary N) is 1. The summed E-state index contributed by atoms with van der Waals surface area (Å²) in [6.07, 6.45) is 0. The van der Waals surface area contributed by atoms with Gasteiger partial charge in [0.25, 0.3) is 0 Å². The van der Waals surface area contributed by atoms with Gasteiger partial charge in [0.1, 0.15) is 4.88 Å². The number of nitrogens with zero attached hydrogens (tertiary/aromatic N) is 1. The van der Waals surface area contributed by atoms with Crippen molar-refractivity contribution in [1.29, 1.82) is 0 Å². The molecule has 0 aliphatic rings. The lowest BCUT2D eigenvalue weighted by Gasteiger charge is -2.03. The lowest BCUT2D eigenvalue weighted by Crippen LogP contribution is -1.95. The lowest BCUT2D eigenvalue weighted by atomic mass is 10.1. The van der Waals surface area contributed by atoms with Crippen LogP contribution in [0.5, 0.6) is 0 Å². The Labute approximate surface area is 142 Å². The van der Waals surface area contributed by atoms with Gasteiger partial charge in [-0.25, -0.2) is 9.78 Å². The summed E-state index contributed by atoms with van der Waals surface area (Å²) in [4.78, 5) is 27.4. The molecule has 3 aromatic rings. The van der Waals surface area contributed by atoms with E-state index in [0.29, 0.717) is 16.4 Å².